The van der Waals surface area contributed by atoms with Crippen LogP contribution in [0.2, 0.25) is 0 Å². The Balaban J connectivity index is 0.00000256. The first-order valence-corrected chi connectivity index (χ1v) is 5.34. The number of hydrogen-bond acceptors (Lipinski definition) is 3. The van der Waals surface area contributed by atoms with Crippen LogP contribution in [0.25, 0.3) is 0 Å². The van der Waals surface area contributed by atoms with Crippen molar-refractivity contribution in [1.29, 1.82) is 0 Å². The third-order valence-electron chi connectivity index (χ3n) is 2.77. The molecule has 0 aromatic heterocycles. The zero-order chi connectivity index (χ0) is 12.2. The van der Waals surface area contributed by atoms with Gasteiger partial charge in [-0.1, -0.05) is 25.8 Å². The number of carbonyl (C=O) groups is 3. The third kappa shape index (κ3) is 3.40. The van der Waals surface area contributed by atoms with E-state index in [1.807, 2.05) is 6.92 Å². The number of rotatable bonds is 5. The quantitative estimate of drug-likeness (QED) is 0.339. The summed E-state index contributed by atoms with van der Waals surface area (Å²) in [6.07, 6.45) is 3.85. The maximum absolute atomic E-state index is 11.8. The van der Waals surface area contributed by atoms with Crippen molar-refractivity contribution in [3.63, 3.8) is 0 Å². The number of hydrogen-bond donors (Lipinski definition) is 2. The van der Waals surface area contributed by atoms with Crippen LogP contribution >= 0.6 is 0 Å². The van der Waals surface area contributed by atoms with Gasteiger partial charge in [0.05, 0.1) is 0 Å². The minimum atomic E-state index is -1.16. The zero-order valence-corrected chi connectivity index (χ0v) is 12.3. The van der Waals surface area contributed by atoms with Crippen molar-refractivity contribution in [3.8, 4) is 0 Å². The zero-order valence-electron chi connectivity index (χ0n) is 10.3. The normalized spacial score (nSPS) is 17.8. The van der Waals surface area contributed by atoms with E-state index in [-0.39, 0.29) is 36.0 Å². The van der Waals surface area contributed by atoms with Crippen LogP contribution in [0.1, 0.15) is 32.6 Å². The Kier molecular flexibility index (Phi) is 6.67. The topological polar surface area (TPSA) is 75.3 Å². The Morgan fingerprint density at radius 1 is 1.24 bits per heavy atom. The summed E-state index contributed by atoms with van der Waals surface area (Å²) in [4.78, 5) is 34.5. The molecule has 1 fully saturated rings. The van der Waals surface area contributed by atoms with Crippen molar-refractivity contribution in [2.75, 3.05) is 0 Å². The Hall–Kier alpha value is -0.650. The molecule has 0 bridgehead atoms. The molecule has 0 aliphatic carbocycles. The second kappa shape index (κ2) is 6.93. The first kappa shape index (κ1) is 16.4. The van der Waals surface area contributed by atoms with Crippen molar-refractivity contribution in [2.45, 2.75) is 32.6 Å². The van der Waals surface area contributed by atoms with Crippen molar-refractivity contribution in [3.05, 3.63) is 12.7 Å². The Morgan fingerprint density at radius 2 is 1.76 bits per heavy atom. The first-order chi connectivity index (χ1) is 7.56. The van der Waals surface area contributed by atoms with E-state index in [0.717, 1.165) is 12.8 Å². The molecule has 0 atom stereocenters. The number of urea groups is 1. The second-order valence-corrected chi connectivity index (χ2v) is 3.92. The van der Waals surface area contributed by atoms with Crippen LogP contribution in [0.4, 0.5) is 4.79 Å². The van der Waals surface area contributed by atoms with Gasteiger partial charge in [0.15, 0.2) is 0 Å². The van der Waals surface area contributed by atoms with Crippen LogP contribution in [0.3, 0.4) is 0 Å². The fourth-order valence-corrected chi connectivity index (χ4v) is 1.82. The molecule has 1 heterocycles. The fraction of sp³-hybridized carbons (Fsp3) is 0.545. The molecule has 1 aliphatic heterocycles. The summed E-state index contributed by atoms with van der Waals surface area (Å²) < 4.78 is 0. The molecule has 5 nitrogen and oxygen atoms in total. The summed E-state index contributed by atoms with van der Waals surface area (Å²) in [7, 11) is 0. The average Bonchev–Trinajstić information content (AvgIpc) is 2.22. The maximum atomic E-state index is 11.8. The summed E-state index contributed by atoms with van der Waals surface area (Å²) in [5.41, 5.74) is -1.16. The molecule has 6 heteroatoms. The minimum absolute atomic E-state index is 0. The van der Waals surface area contributed by atoms with Crippen molar-refractivity contribution in [1.82, 2.24) is 10.6 Å². The van der Waals surface area contributed by atoms with E-state index < -0.39 is 23.3 Å². The molecular weight excluding hydrogens is 231 g/mol. The molecule has 88 valence electrons. The number of barbiturate groups is 1. The van der Waals surface area contributed by atoms with E-state index in [4.69, 9.17) is 0 Å². The van der Waals surface area contributed by atoms with E-state index in [1.165, 1.54) is 6.08 Å². The van der Waals surface area contributed by atoms with Gasteiger partial charge in [0.2, 0.25) is 11.8 Å². The molecule has 1 aliphatic rings. The molecule has 1 rings (SSSR count). The van der Waals surface area contributed by atoms with E-state index in [9.17, 15) is 14.4 Å². The van der Waals surface area contributed by atoms with Gasteiger partial charge in [-0.2, -0.15) is 0 Å². The summed E-state index contributed by atoms with van der Waals surface area (Å²) in [6, 6.07) is -0.744. The number of allylic oxidation sites excluding steroid dienone is 1. The van der Waals surface area contributed by atoms with Gasteiger partial charge in [-0.15, -0.1) is 6.58 Å². The molecule has 0 aromatic rings. The summed E-state index contributed by atoms with van der Waals surface area (Å²) in [6.45, 7) is 5.53. The number of amides is 4. The van der Waals surface area contributed by atoms with Crippen LogP contribution in [-0.2, 0) is 9.59 Å². The smallest absolute Gasteiger partial charge is 0.277 e. The van der Waals surface area contributed by atoms with E-state index >= 15 is 0 Å². The number of unbranched alkanes of at least 4 members (excludes halogenated alkanes) is 1. The molecule has 0 aromatic carbocycles. The monoisotopic (exact) mass is 247 g/mol. The molecule has 0 radical (unpaired) electrons. The van der Waals surface area contributed by atoms with Gasteiger partial charge in [0, 0.05) is 0 Å². The van der Waals surface area contributed by atoms with Gasteiger partial charge in [0.1, 0.15) is 5.41 Å². The van der Waals surface area contributed by atoms with Crippen molar-refractivity contribution in [2.24, 2.45) is 5.41 Å². The van der Waals surface area contributed by atoms with Crippen molar-refractivity contribution < 1.29 is 43.9 Å². The SMILES string of the molecule is C=CCC1(CCCC)C(=O)NC(=O)NC1=O.[Na+]. The maximum Gasteiger partial charge on any atom is 1.00 e. The molecule has 17 heavy (non-hydrogen) atoms. The molecule has 2 N–H and O–H groups in total. The van der Waals surface area contributed by atoms with Gasteiger partial charge < -0.3 is 0 Å². The third-order valence-corrected chi connectivity index (χ3v) is 2.77. The number of nitrogens with one attached hydrogen (secondary N) is 2. The number of carbonyl (C=O) groups excluding carboxylic acids is 3. The molecule has 0 unspecified atom stereocenters. The standard InChI is InChI=1S/C11H16N2O3.Na/c1-3-5-7-11(6-4-2)8(14)12-10(16)13-9(11)15;/h4H,2-3,5-7H2,1H3,(H2,12,13,14,15,16);/q;+1. The molecule has 0 saturated carbocycles. The van der Waals surface area contributed by atoms with Gasteiger partial charge in [-0.05, 0) is 12.8 Å². The average molecular weight is 247 g/mol. The number of imide groups is 2. The fourth-order valence-electron chi connectivity index (χ4n) is 1.82. The van der Waals surface area contributed by atoms with Gasteiger partial charge in [-0.25, -0.2) is 4.79 Å². The Bertz CT molecular complexity index is 322. The van der Waals surface area contributed by atoms with Crippen LogP contribution in [-0.4, -0.2) is 17.8 Å². The predicted octanol–water partition coefficient (Wildman–Crippen LogP) is -1.89. The molecule has 1 saturated heterocycles. The molecule has 0 spiro atoms. The van der Waals surface area contributed by atoms with Crippen LogP contribution < -0.4 is 40.2 Å². The Morgan fingerprint density at radius 3 is 2.18 bits per heavy atom. The minimum Gasteiger partial charge on any atom is -0.277 e. The summed E-state index contributed by atoms with van der Waals surface area (Å²) in [5, 5.41) is 4.27. The van der Waals surface area contributed by atoms with Crippen LogP contribution in [0.15, 0.2) is 12.7 Å². The Labute approximate surface area is 123 Å². The van der Waals surface area contributed by atoms with Crippen molar-refractivity contribution >= 4 is 17.8 Å². The van der Waals surface area contributed by atoms with Gasteiger partial charge in [0.25, 0.3) is 0 Å². The van der Waals surface area contributed by atoms with Gasteiger partial charge in [-0.3, -0.25) is 20.2 Å². The van der Waals surface area contributed by atoms with E-state index in [2.05, 4.69) is 17.2 Å². The molecular formula is C11H16N2NaO3+. The van der Waals surface area contributed by atoms with Crippen LogP contribution in [0, 0.1) is 5.41 Å². The largest absolute Gasteiger partial charge is 1.00 e. The van der Waals surface area contributed by atoms with E-state index in [1.54, 1.807) is 0 Å². The summed E-state index contributed by atoms with van der Waals surface area (Å²) >= 11 is 0. The first-order valence-electron chi connectivity index (χ1n) is 5.34. The van der Waals surface area contributed by atoms with E-state index in [0.29, 0.717) is 6.42 Å². The second-order valence-electron chi connectivity index (χ2n) is 3.92. The predicted molar refractivity (Wildman–Crippen MR) is 58.5 cm³/mol. The van der Waals surface area contributed by atoms with Crippen LogP contribution in [0.5, 0.6) is 0 Å². The van der Waals surface area contributed by atoms with Gasteiger partial charge >= 0.3 is 35.6 Å². The summed E-state index contributed by atoms with van der Waals surface area (Å²) in [5.74, 6) is -1.04. The molecule has 4 amide bonds.